The maximum atomic E-state index is 6.25. The molecule has 2 aromatic carbocycles. The summed E-state index contributed by atoms with van der Waals surface area (Å²) in [7, 11) is 1.56. The molecule has 0 amide bonds. The van der Waals surface area contributed by atoms with Crippen molar-refractivity contribution in [3.05, 3.63) is 52.0 Å². The van der Waals surface area contributed by atoms with Gasteiger partial charge in [0.2, 0.25) is 0 Å². The van der Waals surface area contributed by atoms with E-state index < -0.39 is 0 Å². The smallest absolute Gasteiger partial charge is 0.138 e. The minimum Gasteiger partial charge on any atom is -0.495 e. The third-order valence-electron chi connectivity index (χ3n) is 2.99. The first kappa shape index (κ1) is 14.2. The lowest BCUT2D eigenvalue weighted by molar-refractivity contribution is 0.415. The second-order valence-electron chi connectivity index (χ2n) is 4.38. The molecule has 100 valence electrons. The molecule has 0 heterocycles. The van der Waals surface area contributed by atoms with E-state index in [0.29, 0.717) is 15.8 Å². The number of benzene rings is 2. The molecule has 2 rings (SSSR count). The van der Waals surface area contributed by atoms with E-state index in [-0.39, 0.29) is 6.04 Å². The van der Waals surface area contributed by atoms with Crippen LogP contribution in [0.5, 0.6) is 5.75 Å². The molecule has 0 saturated carbocycles. The first-order chi connectivity index (χ1) is 9.02. The topological polar surface area (TPSA) is 35.2 Å². The van der Waals surface area contributed by atoms with Crippen LogP contribution in [0.3, 0.4) is 0 Å². The highest BCUT2D eigenvalue weighted by molar-refractivity contribution is 6.36. The molecule has 0 aliphatic carbocycles. The van der Waals surface area contributed by atoms with Gasteiger partial charge in [-0.15, -0.1) is 0 Å². The van der Waals surface area contributed by atoms with Crippen LogP contribution in [0, 0.1) is 0 Å². The standard InChI is InChI=1S/C15H15Cl2NO/c1-9(18)10-3-5-11(6-4-10)12-7-14(17)15(19-2)8-13(12)16/h3-9H,18H2,1-2H3. The summed E-state index contributed by atoms with van der Waals surface area (Å²) >= 11 is 12.4. The molecule has 0 fully saturated rings. The fourth-order valence-electron chi connectivity index (χ4n) is 1.87. The molecule has 0 bridgehead atoms. The van der Waals surface area contributed by atoms with Crippen molar-refractivity contribution in [3.63, 3.8) is 0 Å². The Bertz CT molecular complexity index is 579. The highest BCUT2D eigenvalue weighted by Crippen LogP contribution is 2.36. The second kappa shape index (κ2) is 5.83. The monoisotopic (exact) mass is 295 g/mol. The number of halogens is 2. The Kier molecular flexibility index (Phi) is 4.35. The summed E-state index contributed by atoms with van der Waals surface area (Å²) in [5, 5.41) is 1.15. The van der Waals surface area contributed by atoms with Crippen molar-refractivity contribution in [1.82, 2.24) is 0 Å². The van der Waals surface area contributed by atoms with Gasteiger partial charge in [-0.1, -0.05) is 47.5 Å². The third kappa shape index (κ3) is 3.03. The molecule has 2 N–H and O–H groups in total. The largest absolute Gasteiger partial charge is 0.495 e. The van der Waals surface area contributed by atoms with Gasteiger partial charge < -0.3 is 10.5 Å². The zero-order valence-electron chi connectivity index (χ0n) is 10.8. The lowest BCUT2D eigenvalue weighted by Crippen LogP contribution is -2.04. The van der Waals surface area contributed by atoms with Crippen molar-refractivity contribution < 1.29 is 4.74 Å². The van der Waals surface area contributed by atoms with E-state index in [9.17, 15) is 0 Å². The van der Waals surface area contributed by atoms with Gasteiger partial charge in [-0.2, -0.15) is 0 Å². The Hall–Kier alpha value is -1.22. The highest BCUT2D eigenvalue weighted by atomic mass is 35.5. The molecule has 0 aliphatic rings. The highest BCUT2D eigenvalue weighted by Gasteiger charge is 2.10. The van der Waals surface area contributed by atoms with E-state index in [1.165, 1.54) is 0 Å². The second-order valence-corrected chi connectivity index (χ2v) is 5.19. The maximum Gasteiger partial charge on any atom is 0.138 e. The average molecular weight is 296 g/mol. The van der Waals surface area contributed by atoms with E-state index in [1.807, 2.05) is 37.3 Å². The lowest BCUT2D eigenvalue weighted by Gasteiger charge is -2.11. The minimum absolute atomic E-state index is 0.0176. The first-order valence-electron chi connectivity index (χ1n) is 5.92. The number of nitrogens with two attached hydrogens (primary N) is 1. The van der Waals surface area contributed by atoms with Crippen LogP contribution in [0.1, 0.15) is 18.5 Å². The molecule has 0 saturated heterocycles. The maximum absolute atomic E-state index is 6.25. The van der Waals surface area contributed by atoms with E-state index >= 15 is 0 Å². The van der Waals surface area contributed by atoms with Gasteiger partial charge in [-0.05, 0) is 24.1 Å². The van der Waals surface area contributed by atoms with Gasteiger partial charge in [0.1, 0.15) is 5.75 Å². The number of methoxy groups -OCH3 is 1. The Morgan fingerprint density at radius 3 is 2.21 bits per heavy atom. The van der Waals surface area contributed by atoms with Crippen molar-refractivity contribution >= 4 is 23.2 Å². The van der Waals surface area contributed by atoms with Crippen molar-refractivity contribution in [2.45, 2.75) is 13.0 Å². The number of hydrogen-bond donors (Lipinski definition) is 1. The summed E-state index contributed by atoms with van der Waals surface area (Å²) in [6.07, 6.45) is 0. The van der Waals surface area contributed by atoms with Crippen LogP contribution in [0.15, 0.2) is 36.4 Å². The van der Waals surface area contributed by atoms with Crippen LogP contribution in [0.2, 0.25) is 10.0 Å². The molecule has 2 nitrogen and oxygen atoms in total. The number of hydrogen-bond acceptors (Lipinski definition) is 2. The zero-order chi connectivity index (χ0) is 14.0. The van der Waals surface area contributed by atoms with E-state index in [2.05, 4.69) is 0 Å². The van der Waals surface area contributed by atoms with Crippen LogP contribution in [0.4, 0.5) is 0 Å². The molecule has 1 atom stereocenters. The fraction of sp³-hybridized carbons (Fsp3) is 0.200. The van der Waals surface area contributed by atoms with Crippen molar-refractivity contribution in [3.8, 4) is 16.9 Å². The summed E-state index contributed by atoms with van der Waals surface area (Å²) in [6.45, 7) is 1.95. The van der Waals surface area contributed by atoms with Gasteiger partial charge in [-0.25, -0.2) is 0 Å². The van der Waals surface area contributed by atoms with Gasteiger partial charge in [0.25, 0.3) is 0 Å². The average Bonchev–Trinajstić information content (AvgIpc) is 2.41. The quantitative estimate of drug-likeness (QED) is 0.891. The zero-order valence-corrected chi connectivity index (χ0v) is 12.3. The van der Waals surface area contributed by atoms with Crippen LogP contribution < -0.4 is 10.5 Å². The summed E-state index contributed by atoms with van der Waals surface area (Å²) < 4.78 is 5.13. The molecule has 19 heavy (non-hydrogen) atoms. The van der Waals surface area contributed by atoms with Gasteiger partial charge in [0, 0.05) is 17.7 Å². The summed E-state index contributed by atoms with van der Waals surface area (Å²) in [5.74, 6) is 0.572. The predicted octanol–water partition coefficient (Wildman–Crippen LogP) is 4.69. The normalized spacial score (nSPS) is 12.3. The van der Waals surface area contributed by atoms with Crippen LogP contribution >= 0.6 is 23.2 Å². The molecule has 4 heteroatoms. The Morgan fingerprint density at radius 1 is 1.05 bits per heavy atom. The Labute approximate surface area is 123 Å². The molecule has 1 unspecified atom stereocenters. The van der Waals surface area contributed by atoms with E-state index in [1.54, 1.807) is 13.2 Å². The Balaban J connectivity index is 2.44. The van der Waals surface area contributed by atoms with Gasteiger partial charge in [-0.3, -0.25) is 0 Å². The number of rotatable bonds is 3. The SMILES string of the molecule is COc1cc(Cl)c(-c2ccc(C(C)N)cc2)cc1Cl. The molecule has 0 spiro atoms. The van der Waals surface area contributed by atoms with Crippen molar-refractivity contribution in [1.29, 1.82) is 0 Å². The van der Waals surface area contributed by atoms with Gasteiger partial charge in [0.05, 0.1) is 17.2 Å². The van der Waals surface area contributed by atoms with Crippen LogP contribution in [-0.4, -0.2) is 7.11 Å². The molecule has 0 aliphatic heterocycles. The minimum atomic E-state index is 0.0176. The van der Waals surface area contributed by atoms with Crippen LogP contribution in [0.25, 0.3) is 11.1 Å². The third-order valence-corrected chi connectivity index (χ3v) is 3.60. The fourth-order valence-corrected chi connectivity index (χ4v) is 2.38. The lowest BCUT2D eigenvalue weighted by atomic mass is 10.0. The molecule has 2 aromatic rings. The predicted molar refractivity (Wildman–Crippen MR) is 81.1 cm³/mol. The van der Waals surface area contributed by atoms with Gasteiger partial charge >= 0.3 is 0 Å². The van der Waals surface area contributed by atoms with E-state index in [0.717, 1.165) is 16.7 Å². The van der Waals surface area contributed by atoms with Gasteiger partial charge in [0.15, 0.2) is 0 Å². The first-order valence-corrected chi connectivity index (χ1v) is 6.67. The molecule has 0 aromatic heterocycles. The van der Waals surface area contributed by atoms with Crippen molar-refractivity contribution in [2.24, 2.45) is 5.73 Å². The molecular weight excluding hydrogens is 281 g/mol. The summed E-state index contributed by atoms with van der Waals surface area (Å²) in [4.78, 5) is 0. The molecule has 0 radical (unpaired) electrons. The summed E-state index contributed by atoms with van der Waals surface area (Å²) in [5.41, 5.74) is 8.79. The number of ether oxygens (including phenoxy) is 1. The summed E-state index contributed by atoms with van der Waals surface area (Å²) in [6, 6.07) is 11.5. The van der Waals surface area contributed by atoms with Crippen molar-refractivity contribution in [2.75, 3.05) is 7.11 Å². The molecular formula is C15H15Cl2NO. The van der Waals surface area contributed by atoms with E-state index in [4.69, 9.17) is 33.7 Å². The van der Waals surface area contributed by atoms with Crippen LogP contribution in [-0.2, 0) is 0 Å². The Morgan fingerprint density at radius 2 is 1.68 bits per heavy atom.